The van der Waals surface area contributed by atoms with Crippen LogP contribution in [0.1, 0.15) is 41.6 Å². The van der Waals surface area contributed by atoms with Gasteiger partial charge in [-0.25, -0.2) is 4.79 Å². The fourth-order valence-electron chi connectivity index (χ4n) is 3.01. The van der Waals surface area contributed by atoms with Gasteiger partial charge in [0.25, 0.3) is 0 Å². The van der Waals surface area contributed by atoms with E-state index in [0.29, 0.717) is 5.75 Å². The Morgan fingerprint density at radius 1 is 1.13 bits per heavy atom. The fraction of sp³-hybridized carbons (Fsp3) is 0.263. The minimum atomic E-state index is -1.11. The molecule has 2 aromatic rings. The van der Waals surface area contributed by atoms with E-state index >= 15 is 0 Å². The van der Waals surface area contributed by atoms with Gasteiger partial charge in [0.2, 0.25) is 0 Å². The van der Waals surface area contributed by atoms with E-state index in [-0.39, 0.29) is 17.2 Å². The smallest absolute Gasteiger partial charge is 0.337 e. The van der Waals surface area contributed by atoms with Crippen molar-refractivity contribution in [1.29, 1.82) is 5.26 Å². The summed E-state index contributed by atoms with van der Waals surface area (Å²) in [6.45, 7) is 0. The van der Waals surface area contributed by atoms with Gasteiger partial charge in [0.15, 0.2) is 0 Å². The van der Waals surface area contributed by atoms with Crippen molar-refractivity contribution in [2.45, 2.75) is 31.8 Å². The molecule has 1 N–H and O–H groups in total. The quantitative estimate of drug-likeness (QED) is 0.917. The lowest BCUT2D eigenvalue weighted by atomic mass is 9.97. The molecule has 0 aromatic heterocycles. The second-order valence-corrected chi connectivity index (χ2v) is 5.67. The summed E-state index contributed by atoms with van der Waals surface area (Å²) in [6, 6.07) is 14.8. The molecule has 4 nitrogen and oxygen atoms in total. The van der Waals surface area contributed by atoms with E-state index in [0.717, 1.165) is 36.8 Å². The Morgan fingerprint density at radius 2 is 1.83 bits per heavy atom. The number of carboxylic acid groups (broad SMARTS) is 1. The van der Waals surface area contributed by atoms with E-state index in [9.17, 15) is 15.2 Å². The van der Waals surface area contributed by atoms with Crippen molar-refractivity contribution in [3.05, 3.63) is 53.6 Å². The summed E-state index contributed by atoms with van der Waals surface area (Å²) in [5.41, 5.74) is 1.76. The molecule has 1 aliphatic rings. The molecule has 116 valence electrons. The predicted octanol–water partition coefficient (Wildman–Crippen LogP) is 4.24. The molecule has 1 aliphatic carbocycles. The van der Waals surface area contributed by atoms with Crippen LogP contribution in [0.4, 0.5) is 0 Å². The molecule has 0 unspecified atom stereocenters. The second kappa shape index (κ2) is 6.53. The van der Waals surface area contributed by atoms with E-state index in [1.165, 1.54) is 6.07 Å². The minimum absolute atomic E-state index is 0.0137. The van der Waals surface area contributed by atoms with Gasteiger partial charge < -0.3 is 9.84 Å². The third-order valence-corrected chi connectivity index (χ3v) is 4.17. The molecular weight excluding hydrogens is 290 g/mol. The van der Waals surface area contributed by atoms with Crippen molar-refractivity contribution < 1.29 is 14.6 Å². The normalized spacial score (nSPS) is 14.4. The highest BCUT2D eigenvalue weighted by Gasteiger charge is 2.24. The number of hydrogen-bond acceptors (Lipinski definition) is 3. The summed E-state index contributed by atoms with van der Waals surface area (Å²) in [4.78, 5) is 11.4. The molecule has 0 heterocycles. The van der Waals surface area contributed by atoms with Crippen LogP contribution in [-0.2, 0) is 0 Å². The number of rotatable bonds is 4. The number of nitrogens with zero attached hydrogens (tertiary/aromatic N) is 1. The lowest BCUT2D eigenvalue weighted by Crippen LogP contribution is -2.14. The van der Waals surface area contributed by atoms with Crippen molar-refractivity contribution in [3.63, 3.8) is 0 Å². The van der Waals surface area contributed by atoms with Gasteiger partial charge in [0.05, 0.1) is 11.7 Å². The predicted molar refractivity (Wildman–Crippen MR) is 86.4 cm³/mol. The van der Waals surface area contributed by atoms with Crippen LogP contribution in [0.2, 0.25) is 0 Å². The van der Waals surface area contributed by atoms with Crippen LogP contribution in [-0.4, -0.2) is 17.2 Å². The van der Waals surface area contributed by atoms with Crippen LogP contribution in [0.3, 0.4) is 0 Å². The van der Waals surface area contributed by atoms with Gasteiger partial charge in [-0.15, -0.1) is 0 Å². The summed E-state index contributed by atoms with van der Waals surface area (Å²) < 4.78 is 6.09. The maximum atomic E-state index is 11.4. The number of nitriles is 1. The topological polar surface area (TPSA) is 70.3 Å². The highest BCUT2D eigenvalue weighted by molar-refractivity contribution is 5.93. The highest BCUT2D eigenvalue weighted by Crippen LogP contribution is 2.37. The van der Waals surface area contributed by atoms with Crippen molar-refractivity contribution in [2.24, 2.45) is 0 Å². The second-order valence-electron chi connectivity index (χ2n) is 5.67. The molecule has 0 aliphatic heterocycles. The summed E-state index contributed by atoms with van der Waals surface area (Å²) in [7, 11) is 0. The summed E-state index contributed by atoms with van der Waals surface area (Å²) >= 11 is 0. The summed E-state index contributed by atoms with van der Waals surface area (Å²) in [6.07, 6.45) is 4.14. The Morgan fingerprint density at radius 3 is 2.43 bits per heavy atom. The number of carbonyl (C=O) groups is 1. The molecule has 0 radical (unpaired) electrons. The molecule has 1 saturated carbocycles. The molecule has 0 bridgehead atoms. The number of hydrogen-bond donors (Lipinski definition) is 1. The Balaban J connectivity index is 2.15. The lowest BCUT2D eigenvalue weighted by Gasteiger charge is -2.19. The molecule has 3 rings (SSSR count). The van der Waals surface area contributed by atoms with E-state index in [2.05, 4.69) is 0 Å². The van der Waals surface area contributed by atoms with Gasteiger partial charge in [-0.1, -0.05) is 30.3 Å². The minimum Gasteiger partial charge on any atom is -0.488 e. The lowest BCUT2D eigenvalue weighted by molar-refractivity contribution is 0.0695. The maximum absolute atomic E-state index is 11.4. The fourth-order valence-corrected chi connectivity index (χ4v) is 3.01. The largest absolute Gasteiger partial charge is 0.488 e. The molecule has 2 aromatic carbocycles. The van der Waals surface area contributed by atoms with Crippen LogP contribution in [0.15, 0.2) is 42.5 Å². The van der Waals surface area contributed by atoms with Gasteiger partial charge >= 0.3 is 5.97 Å². The zero-order valence-electron chi connectivity index (χ0n) is 12.7. The average molecular weight is 307 g/mol. The molecule has 0 spiro atoms. The average Bonchev–Trinajstić information content (AvgIpc) is 3.08. The van der Waals surface area contributed by atoms with Crippen LogP contribution in [0.5, 0.6) is 5.75 Å². The van der Waals surface area contributed by atoms with E-state index < -0.39 is 5.97 Å². The van der Waals surface area contributed by atoms with Crippen LogP contribution >= 0.6 is 0 Å². The molecule has 0 saturated heterocycles. The van der Waals surface area contributed by atoms with E-state index in [1.54, 1.807) is 6.07 Å². The highest BCUT2D eigenvalue weighted by atomic mass is 16.5. The summed E-state index contributed by atoms with van der Waals surface area (Å²) in [5.74, 6) is -0.720. The van der Waals surface area contributed by atoms with Gasteiger partial charge in [0, 0.05) is 5.56 Å². The van der Waals surface area contributed by atoms with Gasteiger partial charge in [0.1, 0.15) is 17.4 Å². The maximum Gasteiger partial charge on any atom is 0.337 e. The van der Waals surface area contributed by atoms with E-state index in [1.807, 2.05) is 36.4 Å². The Labute approximate surface area is 134 Å². The molecule has 4 heteroatoms. The zero-order chi connectivity index (χ0) is 16.2. The molecule has 0 amide bonds. The Bertz CT molecular complexity index is 756. The van der Waals surface area contributed by atoms with Crippen molar-refractivity contribution >= 4 is 5.97 Å². The summed E-state index contributed by atoms with van der Waals surface area (Å²) in [5, 5.41) is 18.8. The van der Waals surface area contributed by atoms with Gasteiger partial charge in [-0.05, 0) is 43.4 Å². The van der Waals surface area contributed by atoms with Crippen LogP contribution in [0.25, 0.3) is 11.1 Å². The van der Waals surface area contributed by atoms with Gasteiger partial charge in [-0.2, -0.15) is 5.26 Å². The first kappa shape index (κ1) is 15.1. The standard InChI is InChI=1S/C19H17NO3/c20-12-17-16(19(21)22)11-10-15(13-6-2-1-3-7-13)18(17)23-14-8-4-5-9-14/h1-3,6-7,10-11,14H,4-5,8-9H2,(H,21,22). The van der Waals surface area contributed by atoms with Crippen LogP contribution < -0.4 is 4.74 Å². The van der Waals surface area contributed by atoms with Crippen LogP contribution in [0, 0.1) is 11.3 Å². The first-order chi connectivity index (χ1) is 11.2. The third kappa shape index (κ3) is 3.04. The molecule has 0 atom stereocenters. The number of ether oxygens (including phenoxy) is 1. The first-order valence-corrected chi connectivity index (χ1v) is 7.73. The Hall–Kier alpha value is -2.80. The third-order valence-electron chi connectivity index (χ3n) is 4.17. The zero-order valence-corrected chi connectivity index (χ0v) is 12.7. The number of carboxylic acids is 1. The molecule has 23 heavy (non-hydrogen) atoms. The number of aromatic carboxylic acids is 1. The SMILES string of the molecule is N#Cc1c(C(=O)O)ccc(-c2ccccc2)c1OC1CCCC1. The van der Waals surface area contributed by atoms with Crippen molar-refractivity contribution in [2.75, 3.05) is 0 Å². The number of benzene rings is 2. The van der Waals surface area contributed by atoms with Crippen molar-refractivity contribution in [1.82, 2.24) is 0 Å². The molecular formula is C19H17NO3. The van der Waals surface area contributed by atoms with Crippen molar-refractivity contribution in [3.8, 4) is 22.9 Å². The monoisotopic (exact) mass is 307 g/mol. The van der Waals surface area contributed by atoms with Gasteiger partial charge in [-0.3, -0.25) is 0 Å². The van der Waals surface area contributed by atoms with E-state index in [4.69, 9.17) is 4.74 Å². The first-order valence-electron chi connectivity index (χ1n) is 7.73. The molecule has 1 fully saturated rings. The Kier molecular flexibility index (Phi) is 4.29.